The van der Waals surface area contributed by atoms with Crippen molar-refractivity contribution in [3.05, 3.63) is 11.7 Å². The first-order valence-corrected chi connectivity index (χ1v) is 7.92. The molecule has 1 saturated heterocycles. The van der Waals surface area contributed by atoms with E-state index in [1.54, 1.807) is 19.1 Å². The normalized spacial score (nSPS) is 18.7. The highest BCUT2D eigenvalue weighted by atomic mass is 16.5. The maximum atomic E-state index is 12.3. The number of ether oxygens (including phenoxy) is 1. The van der Waals surface area contributed by atoms with Crippen LogP contribution >= 0.6 is 0 Å². The molecule has 0 aliphatic carbocycles. The fraction of sp³-hybridized carbons (Fsp3) is 0.800. The standard InChI is InChI=1S/C15H27N5O3/c1-18(2)12-5-7-20(9-12)11-15(21)19(3)10-14-16-13(17-23-14)6-8-22-4/h12H,5-11H2,1-4H3. The Hall–Kier alpha value is -1.51. The Balaban J connectivity index is 1.77. The molecule has 130 valence electrons. The summed E-state index contributed by atoms with van der Waals surface area (Å²) in [5.41, 5.74) is 0. The fourth-order valence-corrected chi connectivity index (χ4v) is 2.63. The summed E-state index contributed by atoms with van der Waals surface area (Å²) in [4.78, 5) is 22.6. The number of nitrogens with zero attached hydrogens (tertiary/aromatic N) is 5. The van der Waals surface area contributed by atoms with Crippen LogP contribution in [0.5, 0.6) is 0 Å². The maximum Gasteiger partial charge on any atom is 0.246 e. The quantitative estimate of drug-likeness (QED) is 0.658. The number of likely N-dealkylation sites (tertiary alicyclic amines) is 1. The Bertz CT molecular complexity index is 505. The van der Waals surface area contributed by atoms with Crippen LogP contribution in [0.3, 0.4) is 0 Å². The molecule has 1 fully saturated rings. The summed E-state index contributed by atoms with van der Waals surface area (Å²) >= 11 is 0. The van der Waals surface area contributed by atoms with Crippen molar-refractivity contribution in [3.63, 3.8) is 0 Å². The van der Waals surface area contributed by atoms with Crippen LogP contribution in [-0.2, 0) is 22.5 Å². The summed E-state index contributed by atoms with van der Waals surface area (Å²) in [6, 6.07) is 0.535. The Morgan fingerprint density at radius 1 is 1.43 bits per heavy atom. The zero-order chi connectivity index (χ0) is 16.8. The van der Waals surface area contributed by atoms with Gasteiger partial charge in [-0.15, -0.1) is 0 Å². The molecule has 2 rings (SSSR count). The number of aromatic nitrogens is 2. The number of hydrogen-bond acceptors (Lipinski definition) is 7. The highest BCUT2D eigenvalue weighted by molar-refractivity contribution is 5.77. The molecule has 8 heteroatoms. The van der Waals surface area contributed by atoms with Gasteiger partial charge in [0.15, 0.2) is 5.82 Å². The minimum Gasteiger partial charge on any atom is -0.384 e. The van der Waals surface area contributed by atoms with E-state index in [2.05, 4.69) is 34.0 Å². The van der Waals surface area contributed by atoms with Gasteiger partial charge in [-0.2, -0.15) is 4.98 Å². The van der Waals surface area contributed by atoms with Crippen molar-refractivity contribution >= 4 is 5.91 Å². The van der Waals surface area contributed by atoms with Gasteiger partial charge in [0.25, 0.3) is 0 Å². The van der Waals surface area contributed by atoms with Crippen molar-refractivity contribution in [3.8, 4) is 0 Å². The van der Waals surface area contributed by atoms with Crippen LogP contribution in [-0.4, -0.2) is 91.3 Å². The Kier molecular flexibility index (Phi) is 6.49. The van der Waals surface area contributed by atoms with Crippen LogP contribution in [0.4, 0.5) is 0 Å². The van der Waals surface area contributed by atoms with E-state index >= 15 is 0 Å². The molecule has 1 amide bonds. The molecule has 1 aliphatic rings. The molecule has 1 aliphatic heterocycles. The molecule has 0 saturated carbocycles. The average Bonchev–Trinajstić information content (AvgIpc) is 3.14. The third kappa shape index (κ3) is 5.26. The molecular weight excluding hydrogens is 298 g/mol. The van der Waals surface area contributed by atoms with E-state index in [-0.39, 0.29) is 5.91 Å². The number of hydrogen-bond donors (Lipinski definition) is 0. The SMILES string of the molecule is COCCc1noc(CN(C)C(=O)CN2CCC(N(C)C)C2)n1. The van der Waals surface area contributed by atoms with Crippen LogP contribution < -0.4 is 0 Å². The van der Waals surface area contributed by atoms with Crippen LogP contribution in [0, 0.1) is 0 Å². The number of carbonyl (C=O) groups is 1. The van der Waals surface area contributed by atoms with Crippen LogP contribution in [0.1, 0.15) is 18.1 Å². The highest BCUT2D eigenvalue weighted by Crippen LogP contribution is 2.13. The van der Waals surface area contributed by atoms with Crippen molar-refractivity contribution in [2.45, 2.75) is 25.4 Å². The fourth-order valence-electron chi connectivity index (χ4n) is 2.63. The van der Waals surface area contributed by atoms with Crippen LogP contribution in [0.2, 0.25) is 0 Å². The van der Waals surface area contributed by atoms with E-state index in [4.69, 9.17) is 9.26 Å². The third-order valence-corrected chi connectivity index (χ3v) is 4.17. The van der Waals surface area contributed by atoms with Crippen LogP contribution in [0.15, 0.2) is 4.52 Å². The predicted octanol–water partition coefficient (Wildman–Crippen LogP) is -0.147. The molecule has 0 aromatic carbocycles. The van der Waals surface area contributed by atoms with E-state index in [0.717, 1.165) is 19.5 Å². The van der Waals surface area contributed by atoms with Gasteiger partial charge in [-0.3, -0.25) is 9.69 Å². The zero-order valence-corrected chi connectivity index (χ0v) is 14.5. The van der Waals surface area contributed by atoms with Crippen molar-refractivity contribution in [2.75, 3.05) is 54.5 Å². The molecule has 0 N–H and O–H groups in total. The second-order valence-corrected chi connectivity index (χ2v) is 6.24. The topological polar surface area (TPSA) is 74.9 Å². The van der Waals surface area contributed by atoms with E-state index in [9.17, 15) is 4.79 Å². The number of rotatable bonds is 8. The molecular formula is C15H27N5O3. The molecule has 1 aromatic heterocycles. The van der Waals surface area contributed by atoms with Gasteiger partial charge in [0.2, 0.25) is 11.8 Å². The van der Waals surface area contributed by atoms with Gasteiger partial charge in [-0.1, -0.05) is 5.16 Å². The molecule has 1 atom stereocenters. The van der Waals surface area contributed by atoms with Crippen molar-refractivity contribution in [1.29, 1.82) is 0 Å². The minimum atomic E-state index is 0.0704. The molecule has 0 bridgehead atoms. The Morgan fingerprint density at radius 3 is 2.87 bits per heavy atom. The molecule has 8 nitrogen and oxygen atoms in total. The summed E-state index contributed by atoms with van der Waals surface area (Å²) < 4.78 is 10.1. The first-order valence-electron chi connectivity index (χ1n) is 7.92. The van der Waals surface area contributed by atoms with E-state index in [0.29, 0.717) is 43.9 Å². The first kappa shape index (κ1) is 17.8. The van der Waals surface area contributed by atoms with Gasteiger partial charge in [0, 0.05) is 39.7 Å². The first-order chi connectivity index (χ1) is 11.0. The summed E-state index contributed by atoms with van der Waals surface area (Å²) in [5, 5.41) is 3.88. The lowest BCUT2D eigenvalue weighted by Gasteiger charge is -2.22. The Labute approximate surface area is 137 Å². The summed E-state index contributed by atoms with van der Waals surface area (Å²) in [6.45, 7) is 3.23. The Morgan fingerprint density at radius 2 is 2.22 bits per heavy atom. The van der Waals surface area contributed by atoms with Gasteiger partial charge in [0.1, 0.15) is 0 Å². The van der Waals surface area contributed by atoms with Gasteiger partial charge in [-0.25, -0.2) is 0 Å². The second-order valence-electron chi connectivity index (χ2n) is 6.24. The summed E-state index contributed by atoms with van der Waals surface area (Å²) in [6.07, 6.45) is 1.72. The minimum absolute atomic E-state index is 0.0704. The van der Waals surface area contributed by atoms with Gasteiger partial charge in [-0.05, 0) is 20.5 Å². The molecule has 23 heavy (non-hydrogen) atoms. The lowest BCUT2D eigenvalue weighted by molar-refractivity contribution is -0.131. The second kappa shape index (κ2) is 8.37. The van der Waals surface area contributed by atoms with E-state index in [1.165, 1.54) is 0 Å². The smallest absolute Gasteiger partial charge is 0.246 e. The van der Waals surface area contributed by atoms with Gasteiger partial charge < -0.3 is 19.1 Å². The molecule has 1 aromatic rings. The number of methoxy groups -OCH3 is 1. The average molecular weight is 325 g/mol. The van der Waals surface area contributed by atoms with Crippen LogP contribution in [0.25, 0.3) is 0 Å². The van der Waals surface area contributed by atoms with Gasteiger partial charge >= 0.3 is 0 Å². The van der Waals surface area contributed by atoms with Gasteiger partial charge in [0.05, 0.1) is 19.7 Å². The van der Waals surface area contributed by atoms with Crippen molar-refractivity contribution in [2.24, 2.45) is 0 Å². The predicted molar refractivity (Wildman–Crippen MR) is 84.9 cm³/mol. The molecule has 0 radical (unpaired) electrons. The number of amides is 1. The summed E-state index contributed by atoms with van der Waals surface area (Å²) in [5.74, 6) is 1.14. The molecule has 2 heterocycles. The molecule has 1 unspecified atom stereocenters. The monoisotopic (exact) mass is 325 g/mol. The molecule has 0 spiro atoms. The van der Waals surface area contributed by atoms with E-state index in [1.807, 2.05) is 0 Å². The third-order valence-electron chi connectivity index (χ3n) is 4.17. The van der Waals surface area contributed by atoms with E-state index < -0.39 is 0 Å². The van der Waals surface area contributed by atoms with Crippen molar-refractivity contribution < 1.29 is 14.1 Å². The largest absolute Gasteiger partial charge is 0.384 e. The number of carbonyl (C=O) groups excluding carboxylic acids is 1. The lowest BCUT2D eigenvalue weighted by atomic mass is 10.2. The maximum absolute atomic E-state index is 12.3. The summed E-state index contributed by atoms with van der Waals surface area (Å²) in [7, 11) is 7.56. The highest BCUT2D eigenvalue weighted by Gasteiger charge is 2.26. The number of likely N-dealkylation sites (N-methyl/N-ethyl adjacent to an activating group) is 2. The van der Waals surface area contributed by atoms with Crippen molar-refractivity contribution in [1.82, 2.24) is 24.8 Å². The zero-order valence-electron chi connectivity index (χ0n) is 14.5. The lowest BCUT2D eigenvalue weighted by Crippen LogP contribution is -2.39.